The monoisotopic (exact) mass is 303 g/mol. The van der Waals surface area contributed by atoms with Gasteiger partial charge in [-0.3, -0.25) is 10.1 Å². The minimum atomic E-state index is -1.05. The van der Waals surface area contributed by atoms with E-state index in [-0.39, 0.29) is 12.4 Å². The van der Waals surface area contributed by atoms with Crippen LogP contribution in [-0.4, -0.2) is 38.6 Å². The van der Waals surface area contributed by atoms with Gasteiger partial charge in [0.15, 0.2) is 12.4 Å². The highest BCUT2D eigenvalue weighted by molar-refractivity contribution is 5.87. The lowest BCUT2D eigenvalue weighted by Gasteiger charge is -2.05. The fourth-order valence-corrected chi connectivity index (χ4v) is 1.85. The number of urea groups is 1. The van der Waals surface area contributed by atoms with Crippen LogP contribution in [0, 0.1) is 0 Å². The number of anilines is 1. The number of aliphatic carboxylic acids is 1. The Kier molecular flexibility index (Phi) is 5.47. The number of aromatic nitrogens is 3. The van der Waals surface area contributed by atoms with Gasteiger partial charge in [-0.2, -0.15) is 9.90 Å². The van der Waals surface area contributed by atoms with Crippen LogP contribution >= 0.6 is 0 Å². The number of nitrogens with zero attached hydrogens (tertiary/aromatic N) is 3. The predicted molar refractivity (Wildman–Crippen MR) is 79.4 cm³/mol. The lowest BCUT2D eigenvalue weighted by molar-refractivity contribution is -0.138. The van der Waals surface area contributed by atoms with E-state index in [1.807, 2.05) is 30.3 Å². The number of amides is 2. The first-order valence-electron chi connectivity index (χ1n) is 6.84. The molecular weight excluding hydrogens is 286 g/mol. The lowest BCUT2D eigenvalue weighted by atomic mass is 10.1. The van der Waals surface area contributed by atoms with Crippen LogP contribution in [0.4, 0.5) is 10.6 Å². The molecule has 0 bridgehead atoms. The van der Waals surface area contributed by atoms with E-state index in [4.69, 9.17) is 5.11 Å². The van der Waals surface area contributed by atoms with E-state index in [2.05, 4.69) is 20.8 Å². The van der Waals surface area contributed by atoms with Crippen molar-refractivity contribution >= 4 is 17.8 Å². The molecule has 3 N–H and O–H groups in total. The van der Waals surface area contributed by atoms with Crippen molar-refractivity contribution in [1.29, 1.82) is 0 Å². The number of hydrogen-bond acceptors (Lipinski definition) is 4. The van der Waals surface area contributed by atoms with Gasteiger partial charge >= 0.3 is 12.0 Å². The van der Waals surface area contributed by atoms with Gasteiger partial charge in [0.2, 0.25) is 0 Å². The van der Waals surface area contributed by atoms with Crippen molar-refractivity contribution in [2.45, 2.75) is 19.4 Å². The second kappa shape index (κ2) is 7.77. The summed E-state index contributed by atoms with van der Waals surface area (Å²) in [7, 11) is 0. The van der Waals surface area contributed by atoms with Gasteiger partial charge in [-0.1, -0.05) is 30.3 Å². The van der Waals surface area contributed by atoms with E-state index < -0.39 is 12.0 Å². The van der Waals surface area contributed by atoms with E-state index in [0.29, 0.717) is 6.54 Å². The van der Waals surface area contributed by atoms with Gasteiger partial charge in [-0.15, -0.1) is 5.10 Å². The Bertz CT molecular complexity index is 626. The van der Waals surface area contributed by atoms with Gasteiger partial charge in [0.05, 0.1) is 6.20 Å². The maximum absolute atomic E-state index is 11.6. The van der Waals surface area contributed by atoms with E-state index in [1.165, 1.54) is 11.8 Å². The topological polar surface area (TPSA) is 109 Å². The molecule has 0 aliphatic heterocycles. The van der Waals surface area contributed by atoms with Crippen LogP contribution in [-0.2, 0) is 17.8 Å². The van der Waals surface area contributed by atoms with E-state index in [1.54, 1.807) is 0 Å². The maximum Gasteiger partial charge on any atom is 0.327 e. The number of nitrogens with one attached hydrogen (secondary N) is 2. The third-order valence-corrected chi connectivity index (χ3v) is 2.83. The number of aryl methyl sites for hydroxylation is 1. The van der Waals surface area contributed by atoms with Gasteiger partial charge < -0.3 is 10.4 Å². The van der Waals surface area contributed by atoms with Crippen molar-refractivity contribution in [2.24, 2.45) is 0 Å². The molecule has 116 valence electrons. The zero-order valence-electron chi connectivity index (χ0n) is 11.9. The summed E-state index contributed by atoms with van der Waals surface area (Å²) in [6.45, 7) is 0.185. The number of rotatable bonds is 7. The first-order valence-corrected chi connectivity index (χ1v) is 6.84. The molecular formula is C14H17N5O3. The fraction of sp³-hybridized carbons (Fsp3) is 0.286. The standard InChI is InChI=1S/C14H17N5O3/c20-13(21)10-19-16-9-12(18-19)17-14(22)15-8-4-7-11-5-2-1-3-6-11/h1-3,5-6,9H,4,7-8,10H2,(H,20,21)(H2,15,17,18,22). The summed E-state index contributed by atoms with van der Waals surface area (Å²) in [6.07, 6.45) is 3.01. The molecule has 0 radical (unpaired) electrons. The molecule has 0 spiro atoms. The van der Waals surface area contributed by atoms with Crippen molar-refractivity contribution in [3.63, 3.8) is 0 Å². The minimum absolute atomic E-state index is 0.210. The Morgan fingerprint density at radius 3 is 2.73 bits per heavy atom. The largest absolute Gasteiger partial charge is 0.480 e. The Morgan fingerprint density at radius 1 is 1.23 bits per heavy atom. The van der Waals surface area contributed by atoms with Crippen LogP contribution in [0.5, 0.6) is 0 Å². The Hall–Kier alpha value is -2.90. The molecule has 0 saturated heterocycles. The molecule has 2 rings (SSSR count). The highest BCUT2D eigenvalue weighted by Crippen LogP contribution is 2.02. The summed E-state index contributed by atoms with van der Waals surface area (Å²) < 4.78 is 0. The first kappa shape index (κ1) is 15.5. The smallest absolute Gasteiger partial charge is 0.327 e. The predicted octanol–water partition coefficient (Wildman–Crippen LogP) is 1.12. The molecule has 8 nitrogen and oxygen atoms in total. The van der Waals surface area contributed by atoms with Gasteiger partial charge in [0.1, 0.15) is 0 Å². The molecule has 2 aromatic rings. The summed E-state index contributed by atoms with van der Waals surface area (Å²) in [5.74, 6) is -0.839. The van der Waals surface area contributed by atoms with Gasteiger partial charge in [-0.05, 0) is 18.4 Å². The number of carboxylic acid groups (broad SMARTS) is 1. The van der Waals surface area contributed by atoms with E-state index >= 15 is 0 Å². The SMILES string of the molecule is O=C(O)Cn1ncc(NC(=O)NCCCc2ccccc2)n1. The van der Waals surface area contributed by atoms with E-state index in [9.17, 15) is 9.59 Å². The number of carbonyl (C=O) groups excluding carboxylic acids is 1. The van der Waals surface area contributed by atoms with Gasteiger partial charge in [0, 0.05) is 6.54 Å². The number of carboxylic acids is 1. The number of benzene rings is 1. The number of hydrogen-bond donors (Lipinski definition) is 3. The van der Waals surface area contributed by atoms with Crippen LogP contribution in [0.3, 0.4) is 0 Å². The summed E-state index contributed by atoms with van der Waals surface area (Å²) >= 11 is 0. The van der Waals surface area contributed by atoms with Crippen LogP contribution in [0.1, 0.15) is 12.0 Å². The van der Waals surface area contributed by atoms with Crippen LogP contribution in [0.2, 0.25) is 0 Å². The van der Waals surface area contributed by atoms with Crippen LogP contribution in [0.25, 0.3) is 0 Å². The fourth-order valence-electron chi connectivity index (χ4n) is 1.85. The van der Waals surface area contributed by atoms with Crippen molar-refractivity contribution < 1.29 is 14.7 Å². The summed E-state index contributed by atoms with van der Waals surface area (Å²) in [6, 6.07) is 9.62. The van der Waals surface area contributed by atoms with Crippen molar-refractivity contribution in [1.82, 2.24) is 20.3 Å². The molecule has 0 unspecified atom stereocenters. The zero-order valence-corrected chi connectivity index (χ0v) is 11.9. The first-order chi connectivity index (χ1) is 10.6. The Balaban J connectivity index is 1.67. The van der Waals surface area contributed by atoms with Crippen molar-refractivity contribution in [2.75, 3.05) is 11.9 Å². The molecule has 0 aliphatic carbocycles. The minimum Gasteiger partial charge on any atom is -0.480 e. The quantitative estimate of drug-likeness (QED) is 0.664. The van der Waals surface area contributed by atoms with E-state index in [0.717, 1.165) is 17.6 Å². The molecule has 1 aromatic heterocycles. The average molecular weight is 303 g/mol. The molecule has 2 amide bonds. The Morgan fingerprint density at radius 2 is 2.00 bits per heavy atom. The second-order valence-electron chi connectivity index (χ2n) is 4.62. The average Bonchev–Trinajstić information content (AvgIpc) is 2.91. The number of carbonyl (C=O) groups is 2. The zero-order chi connectivity index (χ0) is 15.8. The third-order valence-electron chi connectivity index (χ3n) is 2.83. The Labute approximate surface area is 127 Å². The van der Waals surface area contributed by atoms with Gasteiger partial charge in [0.25, 0.3) is 0 Å². The maximum atomic E-state index is 11.6. The third kappa shape index (κ3) is 5.23. The lowest BCUT2D eigenvalue weighted by Crippen LogP contribution is -2.30. The van der Waals surface area contributed by atoms with Crippen molar-refractivity contribution in [3.8, 4) is 0 Å². The highest BCUT2D eigenvalue weighted by Gasteiger charge is 2.07. The molecule has 0 aliphatic rings. The van der Waals surface area contributed by atoms with Crippen LogP contribution in [0.15, 0.2) is 36.5 Å². The summed E-state index contributed by atoms with van der Waals surface area (Å²) in [5.41, 5.74) is 1.22. The molecule has 0 fully saturated rings. The molecule has 1 aromatic carbocycles. The summed E-state index contributed by atoms with van der Waals surface area (Å²) in [5, 5.41) is 21.3. The second-order valence-corrected chi connectivity index (χ2v) is 4.62. The normalized spacial score (nSPS) is 10.2. The molecule has 1 heterocycles. The summed E-state index contributed by atoms with van der Waals surface area (Å²) in [4.78, 5) is 23.1. The molecule has 0 saturated carbocycles. The van der Waals surface area contributed by atoms with Crippen LogP contribution < -0.4 is 10.6 Å². The molecule has 22 heavy (non-hydrogen) atoms. The highest BCUT2D eigenvalue weighted by atomic mass is 16.4. The van der Waals surface area contributed by atoms with Crippen molar-refractivity contribution in [3.05, 3.63) is 42.1 Å². The molecule has 8 heteroatoms. The van der Waals surface area contributed by atoms with Gasteiger partial charge in [-0.25, -0.2) is 4.79 Å². The molecule has 0 atom stereocenters.